The summed E-state index contributed by atoms with van der Waals surface area (Å²) < 4.78 is 5.31. The summed E-state index contributed by atoms with van der Waals surface area (Å²) in [5, 5.41) is 0. The van der Waals surface area contributed by atoms with Gasteiger partial charge in [0, 0.05) is 23.9 Å². The summed E-state index contributed by atoms with van der Waals surface area (Å²) in [6, 6.07) is 15.9. The molecule has 0 atom stereocenters. The molecule has 0 unspecified atom stereocenters. The summed E-state index contributed by atoms with van der Waals surface area (Å²) in [6.45, 7) is 2.91. The number of methoxy groups -OCH3 is 1. The van der Waals surface area contributed by atoms with Gasteiger partial charge in [0.1, 0.15) is 10.7 Å². The molecule has 0 aromatic heterocycles. The number of thiocarbonyl (C=S) groups is 1. The van der Waals surface area contributed by atoms with Gasteiger partial charge < -0.3 is 15.4 Å². The lowest BCUT2D eigenvalue weighted by Crippen LogP contribution is -2.21. The average molecular weight is 286 g/mol. The Bertz CT molecular complexity index is 599. The molecular weight excluding hydrogens is 268 g/mol. The quantitative estimate of drug-likeness (QED) is 0.854. The summed E-state index contributed by atoms with van der Waals surface area (Å²) in [5.74, 6) is 0.786. The van der Waals surface area contributed by atoms with Crippen LogP contribution in [0.25, 0.3) is 0 Å². The van der Waals surface area contributed by atoms with Crippen LogP contribution in [0.4, 0.5) is 11.4 Å². The number of hydrogen-bond donors (Lipinski definition) is 1. The first-order chi connectivity index (χ1) is 9.67. The van der Waals surface area contributed by atoms with Gasteiger partial charge in [-0.05, 0) is 31.2 Å². The molecule has 2 N–H and O–H groups in total. The normalized spacial score (nSPS) is 10.1. The van der Waals surface area contributed by atoms with Crippen molar-refractivity contribution in [2.45, 2.75) is 6.92 Å². The third kappa shape index (κ3) is 2.91. The number of hydrogen-bond acceptors (Lipinski definition) is 3. The lowest BCUT2D eigenvalue weighted by Gasteiger charge is -2.26. The SMILES string of the molecule is CCN(c1ccccc1)c1cc(OC)ccc1C(N)=S. The minimum Gasteiger partial charge on any atom is -0.497 e. The first-order valence-electron chi connectivity index (χ1n) is 6.47. The van der Waals surface area contributed by atoms with E-state index < -0.39 is 0 Å². The second kappa shape index (κ2) is 6.39. The van der Waals surface area contributed by atoms with Gasteiger partial charge in [0.2, 0.25) is 0 Å². The van der Waals surface area contributed by atoms with Gasteiger partial charge in [-0.3, -0.25) is 0 Å². The number of nitrogens with zero attached hydrogens (tertiary/aromatic N) is 1. The van der Waals surface area contributed by atoms with Crippen molar-refractivity contribution >= 4 is 28.6 Å². The summed E-state index contributed by atoms with van der Waals surface area (Å²) >= 11 is 5.16. The lowest BCUT2D eigenvalue weighted by atomic mass is 10.1. The van der Waals surface area contributed by atoms with E-state index in [1.165, 1.54) is 0 Å². The predicted molar refractivity (Wildman–Crippen MR) is 88.0 cm³/mol. The van der Waals surface area contributed by atoms with E-state index in [0.717, 1.165) is 29.2 Å². The Hall–Kier alpha value is -2.07. The zero-order chi connectivity index (χ0) is 14.5. The molecule has 0 aliphatic rings. The van der Waals surface area contributed by atoms with Crippen molar-refractivity contribution in [3.8, 4) is 5.75 Å². The summed E-state index contributed by atoms with van der Waals surface area (Å²) in [4.78, 5) is 2.55. The number of para-hydroxylation sites is 1. The zero-order valence-electron chi connectivity index (χ0n) is 11.7. The fraction of sp³-hybridized carbons (Fsp3) is 0.188. The van der Waals surface area contributed by atoms with Crippen molar-refractivity contribution in [2.75, 3.05) is 18.6 Å². The molecule has 104 valence electrons. The largest absolute Gasteiger partial charge is 0.497 e. The Kier molecular flexibility index (Phi) is 4.58. The molecule has 20 heavy (non-hydrogen) atoms. The highest BCUT2D eigenvalue weighted by atomic mass is 32.1. The highest BCUT2D eigenvalue weighted by Gasteiger charge is 2.14. The maximum Gasteiger partial charge on any atom is 0.120 e. The van der Waals surface area contributed by atoms with Crippen molar-refractivity contribution in [3.05, 3.63) is 54.1 Å². The van der Waals surface area contributed by atoms with E-state index in [0.29, 0.717) is 4.99 Å². The minimum atomic E-state index is 0.386. The van der Waals surface area contributed by atoms with Crippen molar-refractivity contribution < 1.29 is 4.74 Å². The number of rotatable bonds is 5. The standard InChI is InChI=1S/C16H18N2OS/c1-3-18(12-7-5-4-6-8-12)15-11-13(19-2)9-10-14(15)16(17)20/h4-11H,3H2,1-2H3,(H2,17,20). The lowest BCUT2D eigenvalue weighted by molar-refractivity contribution is 0.415. The van der Waals surface area contributed by atoms with Crippen molar-refractivity contribution in [3.63, 3.8) is 0 Å². The van der Waals surface area contributed by atoms with E-state index in [9.17, 15) is 0 Å². The maximum absolute atomic E-state index is 5.84. The fourth-order valence-electron chi connectivity index (χ4n) is 2.17. The Morgan fingerprint density at radius 1 is 1.20 bits per heavy atom. The van der Waals surface area contributed by atoms with Crippen LogP contribution in [0.3, 0.4) is 0 Å². The topological polar surface area (TPSA) is 38.5 Å². The van der Waals surface area contributed by atoms with Crippen LogP contribution < -0.4 is 15.4 Å². The monoisotopic (exact) mass is 286 g/mol. The minimum absolute atomic E-state index is 0.386. The third-order valence-corrected chi connectivity index (χ3v) is 3.37. The van der Waals surface area contributed by atoms with Crippen LogP contribution in [0.5, 0.6) is 5.75 Å². The summed E-state index contributed by atoms with van der Waals surface area (Å²) in [7, 11) is 1.65. The number of anilines is 2. The van der Waals surface area contributed by atoms with Crippen LogP contribution in [0.1, 0.15) is 12.5 Å². The van der Waals surface area contributed by atoms with Crippen LogP contribution in [-0.4, -0.2) is 18.6 Å². The molecule has 0 spiro atoms. The maximum atomic E-state index is 5.84. The molecular formula is C16H18N2OS. The highest BCUT2D eigenvalue weighted by Crippen LogP contribution is 2.31. The van der Waals surface area contributed by atoms with Crippen LogP contribution in [0.2, 0.25) is 0 Å². The molecule has 2 rings (SSSR count). The average Bonchev–Trinajstić information content (AvgIpc) is 2.48. The second-order valence-corrected chi connectivity index (χ2v) is 4.77. The van der Waals surface area contributed by atoms with E-state index >= 15 is 0 Å². The molecule has 0 aliphatic heterocycles. The van der Waals surface area contributed by atoms with Crippen LogP contribution in [0.15, 0.2) is 48.5 Å². The number of ether oxygens (including phenoxy) is 1. The Labute approximate surface area is 125 Å². The molecule has 0 heterocycles. The first kappa shape index (κ1) is 14.3. The molecule has 3 nitrogen and oxygen atoms in total. The van der Waals surface area contributed by atoms with E-state index in [2.05, 4.69) is 24.0 Å². The molecule has 0 bridgehead atoms. The van der Waals surface area contributed by atoms with Crippen LogP contribution >= 0.6 is 12.2 Å². The van der Waals surface area contributed by atoms with E-state index in [-0.39, 0.29) is 0 Å². The first-order valence-corrected chi connectivity index (χ1v) is 6.88. The Morgan fingerprint density at radius 3 is 2.45 bits per heavy atom. The molecule has 0 aliphatic carbocycles. The predicted octanol–water partition coefficient (Wildman–Crippen LogP) is 3.49. The van der Waals surface area contributed by atoms with Crippen molar-refractivity contribution in [2.24, 2.45) is 5.73 Å². The molecule has 4 heteroatoms. The van der Waals surface area contributed by atoms with Crippen LogP contribution in [0, 0.1) is 0 Å². The second-order valence-electron chi connectivity index (χ2n) is 4.33. The van der Waals surface area contributed by atoms with Gasteiger partial charge in [0.15, 0.2) is 0 Å². The smallest absolute Gasteiger partial charge is 0.120 e. The summed E-state index contributed by atoms with van der Waals surface area (Å²) in [5.41, 5.74) is 8.76. The van der Waals surface area contributed by atoms with Gasteiger partial charge in [-0.15, -0.1) is 0 Å². The Balaban J connectivity index is 2.55. The third-order valence-electron chi connectivity index (χ3n) is 3.15. The molecule has 0 fully saturated rings. The van der Waals surface area contributed by atoms with Crippen LogP contribution in [-0.2, 0) is 0 Å². The molecule has 0 saturated carbocycles. The zero-order valence-corrected chi connectivity index (χ0v) is 12.5. The van der Waals surface area contributed by atoms with E-state index in [4.69, 9.17) is 22.7 Å². The molecule has 0 amide bonds. The highest BCUT2D eigenvalue weighted by molar-refractivity contribution is 7.80. The van der Waals surface area contributed by atoms with Gasteiger partial charge in [-0.1, -0.05) is 30.4 Å². The summed E-state index contributed by atoms with van der Waals surface area (Å²) in [6.07, 6.45) is 0. The molecule has 2 aromatic carbocycles. The van der Waals surface area contributed by atoms with Crippen molar-refractivity contribution in [1.82, 2.24) is 0 Å². The van der Waals surface area contributed by atoms with Gasteiger partial charge in [-0.2, -0.15) is 0 Å². The van der Waals surface area contributed by atoms with Gasteiger partial charge >= 0.3 is 0 Å². The number of nitrogens with two attached hydrogens (primary N) is 1. The molecule has 0 saturated heterocycles. The molecule has 0 radical (unpaired) electrons. The van der Waals surface area contributed by atoms with E-state index in [1.54, 1.807) is 7.11 Å². The molecule has 2 aromatic rings. The number of benzene rings is 2. The van der Waals surface area contributed by atoms with Gasteiger partial charge in [0.05, 0.1) is 12.8 Å². The Morgan fingerprint density at radius 2 is 1.90 bits per heavy atom. The fourth-order valence-corrected chi connectivity index (χ4v) is 2.34. The van der Waals surface area contributed by atoms with Crippen molar-refractivity contribution in [1.29, 1.82) is 0 Å². The van der Waals surface area contributed by atoms with Gasteiger partial charge in [-0.25, -0.2) is 0 Å². The van der Waals surface area contributed by atoms with E-state index in [1.807, 2.05) is 36.4 Å². The van der Waals surface area contributed by atoms with Gasteiger partial charge in [0.25, 0.3) is 0 Å².